The van der Waals surface area contributed by atoms with Gasteiger partial charge in [0.2, 0.25) is 5.91 Å². The van der Waals surface area contributed by atoms with Gasteiger partial charge in [0.05, 0.1) is 13.7 Å². The Labute approximate surface area is 222 Å². The predicted molar refractivity (Wildman–Crippen MR) is 150 cm³/mol. The fraction of sp³-hybridized carbons (Fsp3) is 0.321. The number of aryl methyl sites for hydroxylation is 1. The first-order valence-electron chi connectivity index (χ1n) is 11.6. The third kappa shape index (κ3) is 7.78. The molecular weight excluding hydrogens is 492 g/mol. The van der Waals surface area contributed by atoms with E-state index in [9.17, 15) is 14.7 Å². The molecule has 2 N–H and O–H groups in total. The molecule has 190 valence electrons. The normalized spacial score (nSPS) is 13.5. The van der Waals surface area contributed by atoms with Crippen LogP contribution in [-0.4, -0.2) is 51.7 Å². The summed E-state index contributed by atoms with van der Waals surface area (Å²) in [6.07, 6.45) is 6.78. The van der Waals surface area contributed by atoms with Crippen LogP contribution in [0.2, 0.25) is 0 Å². The summed E-state index contributed by atoms with van der Waals surface area (Å²) in [6.45, 7) is 6.60. The molecule has 0 aromatic heterocycles. The van der Waals surface area contributed by atoms with Gasteiger partial charge in [-0.05, 0) is 67.8 Å². The summed E-state index contributed by atoms with van der Waals surface area (Å²) in [5.74, 6) is -0.227. The van der Waals surface area contributed by atoms with Crippen LogP contribution >= 0.6 is 24.0 Å². The zero-order valence-electron chi connectivity index (χ0n) is 21.0. The quantitative estimate of drug-likeness (QED) is 0.290. The van der Waals surface area contributed by atoms with E-state index in [0.29, 0.717) is 13.1 Å². The number of hydrogen-bond donors (Lipinski definition) is 2. The monoisotopic (exact) mass is 524 g/mol. The van der Waals surface area contributed by atoms with Crippen LogP contribution in [0, 0.1) is 6.92 Å². The van der Waals surface area contributed by atoms with E-state index in [4.69, 9.17) is 17.0 Å². The van der Waals surface area contributed by atoms with Gasteiger partial charge in [0.15, 0.2) is 0 Å². The Bertz CT molecular complexity index is 1190. The van der Waals surface area contributed by atoms with Gasteiger partial charge in [0.25, 0.3) is 0 Å². The minimum absolute atomic E-state index is 0.114. The van der Waals surface area contributed by atoms with Crippen LogP contribution in [-0.2, 0) is 16.1 Å². The molecule has 8 heteroatoms. The van der Waals surface area contributed by atoms with Crippen LogP contribution in [0.15, 0.2) is 71.2 Å². The number of anilines is 1. The van der Waals surface area contributed by atoms with Gasteiger partial charge in [0.1, 0.15) is 10.5 Å². The molecule has 36 heavy (non-hydrogen) atoms. The number of amides is 1. The van der Waals surface area contributed by atoms with Crippen molar-refractivity contribution in [3.63, 3.8) is 0 Å². The zero-order valence-corrected chi connectivity index (χ0v) is 22.7. The predicted octanol–water partition coefficient (Wildman–Crippen LogP) is 5.66. The van der Waals surface area contributed by atoms with Gasteiger partial charge in [-0.15, -0.1) is 11.8 Å². The van der Waals surface area contributed by atoms with Crippen LogP contribution in [0.5, 0.6) is 5.75 Å². The van der Waals surface area contributed by atoms with E-state index < -0.39 is 10.7 Å². The largest absolute Gasteiger partial charge is 0.497 e. The molecule has 0 saturated carbocycles. The number of carbonyl (C=O) groups excluding carboxylic acids is 1. The number of ether oxygens (including phenoxy) is 1. The second-order valence-electron chi connectivity index (χ2n) is 9.18. The molecule has 0 unspecified atom stereocenters. The number of thiocarbonyl (C=S) groups is 1. The number of methoxy groups -OCH3 is 1. The average Bonchev–Trinajstić information content (AvgIpc) is 2.82. The van der Waals surface area contributed by atoms with E-state index in [1.807, 2.05) is 67.6 Å². The number of hydrogen-bond acceptors (Lipinski definition) is 6. The van der Waals surface area contributed by atoms with Crippen molar-refractivity contribution < 1.29 is 19.4 Å². The van der Waals surface area contributed by atoms with Gasteiger partial charge >= 0.3 is 5.97 Å². The van der Waals surface area contributed by atoms with Crippen LogP contribution in [0.4, 0.5) is 5.69 Å². The first kappa shape index (κ1) is 27.6. The Balaban J connectivity index is 1.73. The fourth-order valence-electron chi connectivity index (χ4n) is 3.69. The summed E-state index contributed by atoms with van der Waals surface area (Å²) < 4.78 is 4.34. The molecule has 0 aliphatic heterocycles. The van der Waals surface area contributed by atoms with Crippen LogP contribution in [0.25, 0.3) is 0 Å². The maximum absolute atomic E-state index is 13.0. The molecule has 1 aliphatic carbocycles. The van der Waals surface area contributed by atoms with Gasteiger partial charge in [-0.25, -0.2) is 0 Å². The summed E-state index contributed by atoms with van der Waals surface area (Å²) in [4.78, 5) is 28.3. The number of carboxylic acids is 1. The van der Waals surface area contributed by atoms with Crippen LogP contribution in [0.3, 0.4) is 0 Å². The SMILES string of the molecule is COc1ccc(NC(=O)CN(CC2=CC=CCC2=S)Cc2ccc(SC(C)(C)C(=O)O)cc2)c(C)c1. The Kier molecular flexibility index (Phi) is 9.48. The van der Waals surface area contributed by atoms with E-state index >= 15 is 0 Å². The van der Waals surface area contributed by atoms with Crippen molar-refractivity contribution in [1.82, 2.24) is 4.90 Å². The highest BCUT2D eigenvalue weighted by Crippen LogP contribution is 2.32. The number of aliphatic carboxylic acids is 1. The Hall–Kier alpha value is -2.94. The molecule has 1 aliphatic rings. The Morgan fingerprint density at radius 1 is 1.17 bits per heavy atom. The van der Waals surface area contributed by atoms with E-state index in [-0.39, 0.29) is 12.5 Å². The van der Waals surface area contributed by atoms with Crippen molar-refractivity contribution in [2.24, 2.45) is 0 Å². The molecule has 1 amide bonds. The van der Waals surface area contributed by atoms with Crippen molar-refractivity contribution in [3.8, 4) is 5.75 Å². The highest BCUT2D eigenvalue weighted by Gasteiger charge is 2.28. The smallest absolute Gasteiger partial charge is 0.319 e. The maximum Gasteiger partial charge on any atom is 0.319 e. The summed E-state index contributed by atoms with van der Waals surface area (Å²) in [7, 11) is 1.61. The summed E-state index contributed by atoms with van der Waals surface area (Å²) >= 11 is 6.85. The molecule has 0 fully saturated rings. The second-order valence-corrected chi connectivity index (χ2v) is 11.4. The molecule has 0 atom stereocenters. The molecule has 2 aromatic carbocycles. The first-order chi connectivity index (χ1) is 17.1. The molecule has 6 nitrogen and oxygen atoms in total. The first-order valence-corrected chi connectivity index (χ1v) is 12.9. The number of thioether (sulfide) groups is 1. The third-order valence-electron chi connectivity index (χ3n) is 5.78. The van der Waals surface area contributed by atoms with Crippen molar-refractivity contribution in [3.05, 3.63) is 77.4 Å². The lowest BCUT2D eigenvalue weighted by molar-refractivity contribution is -0.138. The van der Waals surface area contributed by atoms with Crippen LogP contribution in [0.1, 0.15) is 31.4 Å². The minimum Gasteiger partial charge on any atom is -0.497 e. The fourth-order valence-corrected chi connectivity index (χ4v) is 4.87. The van der Waals surface area contributed by atoms with Gasteiger partial charge in [0, 0.05) is 35.0 Å². The molecule has 0 radical (unpaired) electrons. The van der Waals surface area contributed by atoms with Crippen molar-refractivity contribution in [2.45, 2.75) is 43.4 Å². The standard InChI is InChI=1S/C28H32N2O4S2/c1-19-15-22(34-4)11-14-24(19)29-26(31)18-30(17-21-7-5-6-8-25(21)35)16-20-9-12-23(13-10-20)36-28(2,3)27(32)33/h5-7,9-15H,8,16-18H2,1-4H3,(H,29,31)(H,32,33). The number of carbonyl (C=O) groups is 2. The van der Waals surface area contributed by atoms with Crippen molar-refractivity contribution in [2.75, 3.05) is 25.5 Å². The van der Waals surface area contributed by atoms with E-state index in [1.165, 1.54) is 11.8 Å². The van der Waals surface area contributed by atoms with E-state index in [2.05, 4.69) is 10.2 Å². The molecular formula is C28H32N2O4S2. The lowest BCUT2D eigenvalue weighted by atomic mass is 10.0. The maximum atomic E-state index is 13.0. The number of allylic oxidation sites excluding steroid dienone is 3. The molecule has 2 aromatic rings. The van der Waals surface area contributed by atoms with E-state index in [1.54, 1.807) is 21.0 Å². The van der Waals surface area contributed by atoms with Gasteiger partial charge in [-0.2, -0.15) is 0 Å². The highest BCUT2D eigenvalue weighted by molar-refractivity contribution is 8.01. The lowest BCUT2D eigenvalue weighted by Gasteiger charge is -2.25. The van der Waals surface area contributed by atoms with Crippen molar-refractivity contribution in [1.29, 1.82) is 0 Å². The molecule has 0 saturated heterocycles. The van der Waals surface area contributed by atoms with Gasteiger partial charge < -0.3 is 15.2 Å². The third-order valence-corrected chi connectivity index (χ3v) is 7.40. The Morgan fingerprint density at radius 2 is 1.89 bits per heavy atom. The van der Waals surface area contributed by atoms with E-state index in [0.717, 1.165) is 44.3 Å². The molecule has 0 heterocycles. The zero-order chi connectivity index (χ0) is 26.3. The van der Waals surface area contributed by atoms with Gasteiger partial charge in [-0.1, -0.05) is 42.6 Å². The highest BCUT2D eigenvalue weighted by atomic mass is 32.2. The average molecular weight is 525 g/mol. The number of rotatable bonds is 11. The number of nitrogens with zero attached hydrogens (tertiary/aromatic N) is 1. The number of nitrogens with one attached hydrogen (secondary N) is 1. The summed E-state index contributed by atoms with van der Waals surface area (Å²) in [6, 6.07) is 13.4. The second kappa shape index (κ2) is 12.3. The molecule has 3 rings (SSSR count). The van der Waals surface area contributed by atoms with Gasteiger partial charge in [-0.3, -0.25) is 14.5 Å². The number of benzene rings is 2. The number of carboxylic acid groups (broad SMARTS) is 1. The molecule has 0 bridgehead atoms. The van der Waals surface area contributed by atoms with Crippen molar-refractivity contribution >= 4 is 46.4 Å². The Morgan fingerprint density at radius 3 is 2.50 bits per heavy atom. The molecule has 0 spiro atoms. The lowest BCUT2D eigenvalue weighted by Crippen LogP contribution is -2.35. The summed E-state index contributed by atoms with van der Waals surface area (Å²) in [5, 5.41) is 12.4. The van der Waals surface area contributed by atoms with Crippen LogP contribution < -0.4 is 10.1 Å². The summed E-state index contributed by atoms with van der Waals surface area (Å²) in [5.41, 5.74) is 3.74. The topological polar surface area (TPSA) is 78.9 Å². The minimum atomic E-state index is -0.915.